The summed E-state index contributed by atoms with van der Waals surface area (Å²) in [6.45, 7) is 2.29. The Morgan fingerprint density at radius 3 is 2.94 bits per heavy atom. The summed E-state index contributed by atoms with van der Waals surface area (Å²) in [5.41, 5.74) is 1.03. The van der Waals surface area contributed by atoms with Crippen molar-refractivity contribution in [2.45, 2.75) is 44.6 Å². The molecule has 0 aromatic carbocycles. The zero-order chi connectivity index (χ0) is 11.4. The monoisotopic (exact) mass is 239 g/mol. The van der Waals surface area contributed by atoms with Crippen molar-refractivity contribution in [3.63, 3.8) is 0 Å². The summed E-state index contributed by atoms with van der Waals surface area (Å²) in [4.78, 5) is 4.26. The maximum atomic E-state index is 5.87. The number of ether oxygens (including phenoxy) is 1. The lowest BCUT2D eigenvalue weighted by atomic mass is 9.89. The Morgan fingerprint density at radius 2 is 2.31 bits per heavy atom. The number of nitrogens with zero attached hydrogens (tertiary/aromatic N) is 1. The first-order valence-electron chi connectivity index (χ1n) is 5.95. The van der Waals surface area contributed by atoms with Crippen molar-refractivity contribution < 1.29 is 4.74 Å². The number of hydrogen-bond acceptors (Lipinski definition) is 2. The van der Waals surface area contributed by atoms with E-state index in [1.165, 1.54) is 12.8 Å². The lowest BCUT2D eigenvalue weighted by molar-refractivity contribution is 0.124. The lowest BCUT2D eigenvalue weighted by Crippen LogP contribution is -2.24. The zero-order valence-corrected chi connectivity index (χ0v) is 10.4. The molecule has 1 aliphatic rings. The standard InChI is InChI=1S/C13H18ClNO/c1-10-3-2-4-12(7-10)16-13-6-5-11(8-14)9-15-13/h5-6,9-10,12H,2-4,7-8H2,1H3. The van der Waals surface area contributed by atoms with Crippen LogP contribution in [0.2, 0.25) is 0 Å². The summed E-state index contributed by atoms with van der Waals surface area (Å²) < 4.78 is 5.87. The van der Waals surface area contributed by atoms with Gasteiger partial charge in [0.15, 0.2) is 0 Å². The first-order chi connectivity index (χ1) is 7.78. The summed E-state index contributed by atoms with van der Waals surface area (Å²) in [7, 11) is 0. The molecule has 1 saturated carbocycles. The predicted octanol–water partition coefficient (Wildman–Crippen LogP) is 3.78. The highest BCUT2D eigenvalue weighted by Crippen LogP contribution is 2.26. The fourth-order valence-electron chi connectivity index (χ4n) is 2.22. The van der Waals surface area contributed by atoms with Gasteiger partial charge < -0.3 is 4.74 Å². The van der Waals surface area contributed by atoms with E-state index >= 15 is 0 Å². The van der Waals surface area contributed by atoms with Gasteiger partial charge in [-0.05, 0) is 30.7 Å². The second-order valence-corrected chi connectivity index (χ2v) is 4.92. The van der Waals surface area contributed by atoms with E-state index in [0.717, 1.165) is 30.2 Å². The van der Waals surface area contributed by atoms with Gasteiger partial charge in [-0.2, -0.15) is 0 Å². The summed E-state index contributed by atoms with van der Waals surface area (Å²) in [6, 6.07) is 3.89. The highest BCUT2D eigenvalue weighted by molar-refractivity contribution is 6.17. The summed E-state index contributed by atoms with van der Waals surface area (Å²) in [5.74, 6) is 2.02. The van der Waals surface area contributed by atoms with Crippen LogP contribution in [0.4, 0.5) is 0 Å². The molecule has 2 atom stereocenters. The van der Waals surface area contributed by atoms with Crippen LogP contribution < -0.4 is 4.74 Å². The van der Waals surface area contributed by atoms with Crippen LogP contribution >= 0.6 is 11.6 Å². The zero-order valence-electron chi connectivity index (χ0n) is 9.66. The van der Waals surface area contributed by atoms with Crippen molar-refractivity contribution in [2.24, 2.45) is 5.92 Å². The highest BCUT2D eigenvalue weighted by atomic mass is 35.5. The van der Waals surface area contributed by atoms with E-state index in [0.29, 0.717) is 12.0 Å². The average Bonchev–Trinajstić information content (AvgIpc) is 2.30. The fraction of sp³-hybridized carbons (Fsp3) is 0.615. The third-order valence-corrected chi connectivity index (χ3v) is 3.44. The molecule has 2 rings (SSSR count). The van der Waals surface area contributed by atoms with Crippen LogP contribution in [0.15, 0.2) is 18.3 Å². The summed E-state index contributed by atoms with van der Waals surface area (Å²) in [5, 5.41) is 0. The molecule has 0 radical (unpaired) electrons. The van der Waals surface area contributed by atoms with Crippen molar-refractivity contribution in [1.29, 1.82) is 0 Å². The number of pyridine rings is 1. The van der Waals surface area contributed by atoms with E-state index in [1.807, 2.05) is 12.1 Å². The molecule has 0 aliphatic heterocycles. The van der Waals surface area contributed by atoms with E-state index in [9.17, 15) is 0 Å². The van der Waals surface area contributed by atoms with E-state index in [-0.39, 0.29) is 0 Å². The smallest absolute Gasteiger partial charge is 0.213 e. The second kappa shape index (κ2) is 5.53. The van der Waals surface area contributed by atoms with Crippen LogP contribution in [0.1, 0.15) is 38.2 Å². The Balaban J connectivity index is 1.92. The summed E-state index contributed by atoms with van der Waals surface area (Å²) in [6.07, 6.45) is 7.04. The molecule has 0 bridgehead atoms. The first kappa shape index (κ1) is 11.7. The fourth-order valence-corrected chi connectivity index (χ4v) is 2.37. The molecule has 0 spiro atoms. The van der Waals surface area contributed by atoms with Crippen LogP contribution in [0, 0.1) is 5.92 Å². The van der Waals surface area contributed by atoms with E-state index in [4.69, 9.17) is 16.3 Å². The number of hydrogen-bond donors (Lipinski definition) is 0. The van der Waals surface area contributed by atoms with E-state index < -0.39 is 0 Å². The maximum Gasteiger partial charge on any atom is 0.213 e. The molecule has 0 N–H and O–H groups in total. The van der Waals surface area contributed by atoms with Crippen molar-refractivity contribution in [1.82, 2.24) is 4.98 Å². The van der Waals surface area contributed by atoms with Crippen LogP contribution in [0.3, 0.4) is 0 Å². The average molecular weight is 240 g/mol. The third-order valence-electron chi connectivity index (χ3n) is 3.13. The van der Waals surface area contributed by atoms with Crippen LogP contribution in [0.25, 0.3) is 0 Å². The van der Waals surface area contributed by atoms with Crippen LogP contribution in [-0.4, -0.2) is 11.1 Å². The Kier molecular flexibility index (Phi) is 4.05. The Labute approximate surface area is 102 Å². The SMILES string of the molecule is CC1CCCC(Oc2ccc(CCl)cn2)C1. The van der Waals surface area contributed by atoms with Gasteiger partial charge in [0.05, 0.1) is 0 Å². The Bertz CT molecular complexity index is 325. The van der Waals surface area contributed by atoms with Crippen molar-refractivity contribution in [2.75, 3.05) is 0 Å². The molecule has 3 heteroatoms. The lowest BCUT2D eigenvalue weighted by Gasteiger charge is -2.26. The third kappa shape index (κ3) is 3.11. The molecule has 16 heavy (non-hydrogen) atoms. The molecular formula is C13H18ClNO. The second-order valence-electron chi connectivity index (χ2n) is 4.65. The van der Waals surface area contributed by atoms with Gasteiger partial charge in [0, 0.05) is 18.1 Å². The topological polar surface area (TPSA) is 22.1 Å². The number of rotatable bonds is 3. The van der Waals surface area contributed by atoms with Crippen LogP contribution in [-0.2, 0) is 5.88 Å². The van der Waals surface area contributed by atoms with Gasteiger partial charge in [0.1, 0.15) is 6.10 Å². The molecule has 1 aromatic heterocycles. The molecule has 1 aromatic rings. The number of alkyl halides is 1. The minimum atomic E-state index is 0.345. The van der Waals surface area contributed by atoms with Gasteiger partial charge in [0.2, 0.25) is 5.88 Å². The molecule has 2 nitrogen and oxygen atoms in total. The largest absolute Gasteiger partial charge is 0.474 e. The quantitative estimate of drug-likeness (QED) is 0.749. The van der Waals surface area contributed by atoms with Crippen LogP contribution in [0.5, 0.6) is 5.88 Å². The molecule has 2 unspecified atom stereocenters. The molecule has 1 fully saturated rings. The normalized spacial score (nSPS) is 25.4. The van der Waals surface area contributed by atoms with Gasteiger partial charge >= 0.3 is 0 Å². The number of aromatic nitrogens is 1. The Hall–Kier alpha value is -0.760. The molecule has 88 valence electrons. The van der Waals surface area contributed by atoms with Gasteiger partial charge in [-0.15, -0.1) is 11.6 Å². The maximum absolute atomic E-state index is 5.87. The van der Waals surface area contributed by atoms with E-state index in [2.05, 4.69) is 11.9 Å². The molecule has 0 amide bonds. The molecule has 1 heterocycles. The highest BCUT2D eigenvalue weighted by Gasteiger charge is 2.20. The minimum absolute atomic E-state index is 0.345. The molecular weight excluding hydrogens is 222 g/mol. The summed E-state index contributed by atoms with van der Waals surface area (Å²) >= 11 is 5.71. The Morgan fingerprint density at radius 1 is 1.44 bits per heavy atom. The van der Waals surface area contributed by atoms with Gasteiger partial charge in [-0.3, -0.25) is 0 Å². The van der Waals surface area contributed by atoms with Crippen molar-refractivity contribution in [3.8, 4) is 5.88 Å². The van der Waals surface area contributed by atoms with Gasteiger partial charge in [-0.1, -0.05) is 19.4 Å². The molecule has 1 aliphatic carbocycles. The predicted molar refractivity (Wildman–Crippen MR) is 65.8 cm³/mol. The van der Waals surface area contributed by atoms with Gasteiger partial charge in [0.25, 0.3) is 0 Å². The van der Waals surface area contributed by atoms with Crippen molar-refractivity contribution in [3.05, 3.63) is 23.9 Å². The molecule has 0 saturated heterocycles. The number of halogens is 1. The van der Waals surface area contributed by atoms with Crippen molar-refractivity contribution >= 4 is 11.6 Å². The first-order valence-corrected chi connectivity index (χ1v) is 6.49. The minimum Gasteiger partial charge on any atom is -0.474 e. The van der Waals surface area contributed by atoms with E-state index in [1.54, 1.807) is 6.20 Å². The van der Waals surface area contributed by atoms with Gasteiger partial charge in [-0.25, -0.2) is 4.98 Å².